The summed E-state index contributed by atoms with van der Waals surface area (Å²) in [6.45, 7) is 0. The van der Waals surface area contributed by atoms with Crippen molar-refractivity contribution in [1.82, 2.24) is 4.57 Å². The van der Waals surface area contributed by atoms with Gasteiger partial charge in [-0.05, 0) is 41.5 Å². The van der Waals surface area contributed by atoms with Gasteiger partial charge in [0.15, 0.2) is 0 Å². The van der Waals surface area contributed by atoms with Gasteiger partial charge in [0.2, 0.25) is 0 Å². The molecular formula is C21H16F3NO. The summed E-state index contributed by atoms with van der Waals surface area (Å²) in [6.07, 6.45) is -4.35. The number of fused-ring (bicyclic) bond motifs is 3. The number of methoxy groups -OCH3 is 1. The van der Waals surface area contributed by atoms with E-state index in [0.717, 1.165) is 39.2 Å². The molecule has 0 amide bonds. The van der Waals surface area contributed by atoms with E-state index < -0.39 is 11.7 Å². The number of ether oxygens (including phenoxy) is 1. The number of benzene rings is 3. The molecule has 0 N–H and O–H groups in total. The normalized spacial score (nSPS) is 12.0. The third-order valence-corrected chi connectivity index (χ3v) is 4.76. The first-order chi connectivity index (χ1) is 12.4. The number of aryl methyl sites for hydroxylation is 1. The van der Waals surface area contributed by atoms with Gasteiger partial charge in [-0.2, -0.15) is 13.2 Å². The van der Waals surface area contributed by atoms with Gasteiger partial charge >= 0.3 is 6.18 Å². The van der Waals surface area contributed by atoms with E-state index >= 15 is 0 Å². The van der Waals surface area contributed by atoms with Crippen molar-refractivity contribution in [3.05, 3.63) is 66.2 Å². The lowest BCUT2D eigenvalue weighted by Gasteiger charge is -2.07. The number of hydrogen-bond donors (Lipinski definition) is 0. The average molecular weight is 355 g/mol. The van der Waals surface area contributed by atoms with Crippen LogP contribution in [0.5, 0.6) is 5.75 Å². The minimum absolute atomic E-state index is 0.571. The third-order valence-electron chi connectivity index (χ3n) is 4.76. The second kappa shape index (κ2) is 5.80. The van der Waals surface area contributed by atoms with Crippen molar-refractivity contribution in [3.8, 4) is 16.9 Å². The number of rotatable bonds is 2. The Kier molecular flexibility index (Phi) is 3.68. The fourth-order valence-electron chi connectivity index (χ4n) is 3.34. The van der Waals surface area contributed by atoms with Crippen molar-refractivity contribution in [2.75, 3.05) is 7.11 Å². The molecule has 26 heavy (non-hydrogen) atoms. The summed E-state index contributed by atoms with van der Waals surface area (Å²) in [5, 5.41) is 1.75. The Morgan fingerprint density at radius 2 is 1.35 bits per heavy atom. The molecule has 5 heteroatoms. The Labute approximate surface area is 148 Å². The summed E-state index contributed by atoms with van der Waals surface area (Å²) < 4.78 is 46.1. The Morgan fingerprint density at radius 3 is 1.96 bits per heavy atom. The van der Waals surface area contributed by atoms with Crippen molar-refractivity contribution in [1.29, 1.82) is 0 Å². The minimum Gasteiger partial charge on any atom is -0.497 e. The summed E-state index contributed by atoms with van der Waals surface area (Å²) in [5.74, 6) is 0.777. The molecule has 132 valence electrons. The van der Waals surface area contributed by atoms with Gasteiger partial charge in [-0.15, -0.1) is 0 Å². The molecule has 0 saturated carbocycles. The zero-order valence-corrected chi connectivity index (χ0v) is 14.3. The van der Waals surface area contributed by atoms with E-state index in [-0.39, 0.29) is 0 Å². The molecule has 1 aromatic heterocycles. The summed E-state index contributed by atoms with van der Waals surface area (Å²) >= 11 is 0. The molecule has 4 rings (SSSR count). The molecule has 0 saturated heterocycles. The zero-order chi connectivity index (χ0) is 18.5. The highest BCUT2D eigenvalue weighted by atomic mass is 19.4. The Balaban J connectivity index is 1.90. The molecule has 3 aromatic carbocycles. The van der Waals surface area contributed by atoms with Gasteiger partial charge in [-0.1, -0.05) is 30.3 Å². The van der Waals surface area contributed by atoms with Crippen LogP contribution in [0.3, 0.4) is 0 Å². The monoisotopic (exact) mass is 355 g/mol. The molecule has 0 bridgehead atoms. The number of halogens is 3. The van der Waals surface area contributed by atoms with Crippen LogP contribution < -0.4 is 4.74 Å². The second-order valence-electron chi connectivity index (χ2n) is 6.25. The van der Waals surface area contributed by atoms with Crippen LogP contribution in [0, 0.1) is 0 Å². The lowest BCUT2D eigenvalue weighted by Crippen LogP contribution is -2.04. The summed E-state index contributed by atoms with van der Waals surface area (Å²) in [4.78, 5) is 0. The van der Waals surface area contributed by atoms with Crippen LogP contribution in [0.4, 0.5) is 13.2 Å². The van der Waals surface area contributed by atoms with E-state index in [4.69, 9.17) is 4.74 Å². The quantitative estimate of drug-likeness (QED) is 0.428. The first kappa shape index (κ1) is 16.5. The van der Waals surface area contributed by atoms with E-state index in [1.807, 2.05) is 47.0 Å². The fraction of sp³-hybridized carbons (Fsp3) is 0.143. The maximum atomic E-state index is 13.0. The van der Waals surface area contributed by atoms with Gasteiger partial charge in [0.1, 0.15) is 5.75 Å². The maximum absolute atomic E-state index is 13.0. The van der Waals surface area contributed by atoms with E-state index in [2.05, 4.69) is 0 Å². The molecule has 0 aliphatic carbocycles. The van der Waals surface area contributed by atoms with Crippen molar-refractivity contribution in [2.24, 2.45) is 7.05 Å². The molecule has 0 aliphatic rings. The molecule has 0 spiro atoms. The van der Waals surface area contributed by atoms with Gasteiger partial charge in [0.25, 0.3) is 0 Å². The first-order valence-electron chi connectivity index (χ1n) is 8.12. The minimum atomic E-state index is -4.35. The van der Waals surface area contributed by atoms with Gasteiger partial charge in [-0.3, -0.25) is 0 Å². The van der Waals surface area contributed by atoms with Crippen LogP contribution >= 0.6 is 0 Å². The highest BCUT2D eigenvalue weighted by Gasteiger charge is 2.31. The van der Waals surface area contributed by atoms with Crippen LogP contribution in [-0.4, -0.2) is 11.7 Å². The Morgan fingerprint density at radius 1 is 0.769 bits per heavy atom. The molecule has 1 heterocycles. The number of hydrogen-bond acceptors (Lipinski definition) is 1. The van der Waals surface area contributed by atoms with Crippen LogP contribution in [0.15, 0.2) is 60.7 Å². The standard InChI is InChI=1S/C21H16F3NO/c1-25-19-11-14(13-3-7-16(26-2)8-4-13)5-9-17(19)18-10-6-15(12-20(18)25)21(22,23)24/h3-12H,1-2H3. The third kappa shape index (κ3) is 2.60. The summed E-state index contributed by atoms with van der Waals surface area (Å²) in [5.41, 5.74) is 2.86. The van der Waals surface area contributed by atoms with Gasteiger partial charge in [0.05, 0.1) is 12.7 Å². The molecule has 4 aromatic rings. The summed E-state index contributed by atoms with van der Waals surface area (Å²) in [7, 11) is 3.41. The smallest absolute Gasteiger partial charge is 0.416 e. The fourth-order valence-corrected chi connectivity index (χ4v) is 3.34. The highest BCUT2D eigenvalue weighted by molar-refractivity contribution is 6.09. The van der Waals surface area contributed by atoms with Crippen molar-refractivity contribution < 1.29 is 17.9 Å². The second-order valence-corrected chi connectivity index (χ2v) is 6.25. The average Bonchev–Trinajstić information content (AvgIpc) is 2.93. The first-order valence-corrected chi connectivity index (χ1v) is 8.12. The molecule has 0 radical (unpaired) electrons. The Hall–Kier alpha value is -2.95. The van der Waals surface area contributed by atoms with Crippen molar-refractivity contribution in [2.45, 2.75) is 6.18 Å². The van der Waals surface area contributed by atoms with E-state index in [1.165, 1.54) is 6.07 Å². The lowest BCUT2D eigenvalue weighted by atomic mass is 10.0. The van der Waals surface area contributed by atoms with E-state index in [1.54, 1.807) is 20.2 Å². The van der Waals surface area contributed by atoms with Crippen molar-refractivity contribution >= 4 is 21.8 Å². The predicted octanol–water partition coefficient (Wildman–Crippen LogP) is 6.03. The van der Waals surface area contributed by atoms with Crippen LogP contribution in [-0.2, 0) is 13.2 Å². The van der Waals surface area contributed by atoms with Gasteiger partial charge in [-0.25, -0.2) is 0 Å². The molecule has 0 fully saturated rings. The van der Waals surface area contributed by atoms with Crippen LogP contribution in [0.2, 0.25) is 0 Å². The molecular weight excluding hydrogens is 339 g/mol. The zero-order valence-electron chi connectivity index (χ0n) is 14.3. The number of alkyl halides is 3. The topological polar surface area (TPSA) is 14.2 Å². The molecule has 0 atom stereocenters. The Bertz CT molecular complexity index is 1110. The predicted molar refractivity (Wildman–Crippen MR) is 97.4 cm³/mol. The van der Waals surface area contributed by atoms with E-state index in [9.17, 15) is 13.2 Å². The van der Waals surface area contributed by atoms with Crippen LogP contribution in [0.25, 0.3) is 32.9 Å². The number of aromatic nitrogens is 1. The molecule has 0 aliphatic heterocycles. The lowest BCUT2D eigenvalue weighted by molar-refractivity contribution is -0.137. The molecule has 0 unspecified atom stereocenters. The van der Waals surface area contributed by atoms with E-state index in [0.29, 0.717) is 5.52 Å². The SMILES string of the molecule is COc1ccc(-c2ccc3c4ccc(C(F)(F)F)cc4n(C)c3c2)cc1. The van der Waals surface area contributed by atoms with Gasteiger partial charge in [0, 0.05) is 28.9 Å². The number of nitrogens with zero attached hydrogens (tertiary/aromatic N) is 1. The molecule has 2 nitrogen and oxygen atoms in total. The van der Waals surface area contributed by atoms with Gasteiger partial charge < -0.3 is 9.30 Å². The van der Waals surface area contributed by atoms with Crippen molar-refractivity contribution in [3.63, 3.8) is 0 Å². The highest BCUT2D eigenvalue weighted by Crippen LogP contribution is 2.36. The maximum Gasteiger partial charge on any atom is 0.416 e. The summed E-state index contributed by atoms with van der Waals surface area (Å²) in [6, 6.07) is 17.5. The van der Waals surface area contributed by atoms with Crippen LogP contribution in [0.1, 0.15) is 5.56 Å². The largest absolute Gasteiger partial charge is 0.497 e.